The molecule has 0 bridgehead atoms. The second-order valence-electron chi connectivity index (χ2n) is 9.39. The van der Waals surface area contributed by atoms with Crippen molar-refractivity contribution < 1.29 is 9.18 Å². The number of fused-ring (bicyclic) bond motifs is 1. The number of hydrogen-bond acceptors (Lipinski definition) is 5. The van der Waals surface area contributed by atoms with E-state index in [0.29, 0.717) is 17.6 Å². The minimum absolute atomic E-state index is 0.0471. The van der Waals surface area contributed by atoms with Crippen molar-refractivity contribution in [3.63, 3.8) is 0 Å². The van der Waals surface area contributed by atoms with E-state index in [0.717, 1.165) is 66.9 Å². The highest BCUT2D eigenvalue weighted by Crippen LogP contribution is 2.39. The van der Waals surface area contributed by atoms with Crippen LogP contribution in [0.15, 0.2) is 42.9 Å². The van der Waals surface area contributed by atoms with Crippen LogP contribution in [0.25, 0.3) is 11.5 Å². The lowest BCUT2D eigenvalue weighted by molar-refractivity contribution is 0.102. The van der Waals surface area contributed by atoms with E-state index in [9.17, 15) is 9.18 Å². The first-order valence-corrected chi connectivity index (χ1v) is 12.1. The second-order valence-corrected chi connectivity index (χ2v) is 9.39. The van der Waals surface area contributed by atoms with Crippen molar-refractivity contribution in [1.82, 2.24) is 29.5 Å². The number of halogens is 1. The molecule has 3 heterocycles. The standard InChI is InChI=1S/C26H26FN7O/c1-16-12-19(27)18(13-23(16)33-14-21(28-15-33)17-10-11-17)26(35)30-24-8-5-9-25(29-24)34-22-7-4-2-3-6-20(22)31-32-34/h5,8-9,12-15,17H,2-4,6-7,10-11H2,1H3,(H,29,30,35). The lowest BCUT2D eigenvalue weighted by Gasteiger charge is -2.12. The number of nitrogens with zero attached hydrogens (tertiary/aromatic N) is 6. The molecule has 1 saturated carbocycles. The van der Waals surface area contributed by atoms with E-state index in [1.165, 1.54) is 12.5 Å². The number of imidazole rings is 1. The molecule has 0 aliphatic heterocycles. The summed E-state index contributed by atoms with van der Waals surface area (Å²) < 4.78 is 18.4. The van der Waals surface area contributed by atoms with E-state index in [2.05, 4.69) is 25.6 Å². The van der Waals surface area contributed by atoms with E-state index < -0.39 is 11.7 Å². The van der Waals surface area contributed by atoms with Crippen LogP contribution in [0.2, 0.25) is 0 Å². The number of carbonyl (C=O) groups excluding carboxylic acids is 1. The van der Waals surface area contributed by atoms with Gasteiger partial charge in [-0.25, -0.2) is 14.4 Å². The second kappa shape index (κ2) is 8.72. The normalized spacial score (nSPS) is 15.5. The number of aromatic nitrogens is 6. The Morgan fingerprint density at radius 1 is 1.14 bits per heavy atom. The van der Waals surface area contributed by atoms with Crippen molar-refractivity contribution in [1.29, 1.82) is 0 Å². The summed E-state index contributed by atoms with van der Waals surface area (Å²) in [6.07, 6.45) is 11.2. The summed E-state index contributed by atoms with van der Waals surface area (Å²) in [5.41, 5.74) is 4.52. The summed E-state index contributed by atoms with van der Waals surface area (Å²) in [6.45, 7) is 1.82. The van der Waals surface area contributed by atoms with Gasteiger partial charge in [0.2, 0.25) is 0 Å². The van der Waals surface area contributed by atoms with Gasteiger partial charge in [0.1, 0.15) is 11.6 Å². The summed E-state index contributed by atoms with van der Waals surface area (Å²) >= 11 is 0. The molecule has 1 aromatic carbocycles. The number of nitrogens with one attached hydrogen (secondary N) is 1. The third kappa shape index (κ3) is 4.22. The minimum atomic E-state index is -0.580. The Labute approximate surface area is 202 Å². The van der Waals surface area contributed by atoms with Gasteiger partial charge in [-0.15, -0.1) is 5.10 Å². The molecule has 2 aliphatic carbocycles. The summed E-state index contributed by atoms with van der Waals surface area (Å²) in [7, 11) is 0. The Bertz CT molecular complexity index is 1420. The molecule has 8 nitrogen and oxygen atoms in total. The van der Waals surface area contributed by atoms with Crippen molar-refractivity contribution in [2.24, 2.45) is 0 Å². The maximum atomic E-state index is 14.8. The highest BCUT2D eigenvalue weighted by Gasteiger charge is 2.26. The van der Waals surface area contributed by atoms with Gasteiger partial charge >= 0.3 is 0 Å². The highest BCUT2D eigenvalue weighted by atomic mass is 19.1. The molecule has 35 heavy (non-hydrogen) atoms. The molecule has 2 aliphatic rings. The zero-order valence-electron chi connectivity index (χ0n) is 19.5. The molecule has 0 saturated heterocycles. The molecule has 4 aromatic rings. The van der Waals surface area contributed by atoms with E-state index in [-0.39, 0.29) is 5.56 Å². The summed E-state index contributed by atoms with van der Waals surface area (Å²) in [6, 6.07) is 8.26. The number of aryl methyl sites for hydroxylation is 2. The molecule has 0 spiro atoms. The first kappa shape index (κ1) is 21.6. The van der Waals surface area contributed by atoms with E-state index >= 15 is 0 Å². The van der Waals surface area contributed by atoms with Crippen LogP contribution in [0.5, 0.6) is 0 Å². The smallest absolute Gasteiger partial charge is 0.259 e. The predicted octanol–water partition coefficient (Wildman–Crippen LogP) is 4.69. The number of anilines is 1. The zero-order chi connectivity index (χ0) is 23.9. The highest BCUT2D eigenvalue weighted by molar-refractivity contribution is 6.04. The molecule has 1 amide bonds. The predicted molar refractivity (Wildman–Crippen MR) is 129 cm³/mol. The van der Waals surface area contributed by atoms with Crippen LogP contribution in [0.4, 0.5) is 10.2 Å². The van der Waals surface area contributed by atoms with Crippen LogP contribution in [0, 0.1) is 12.7 Å². The molecule has 1 N–H and O–H groups in total. The fourth-order valence-corrected chi connectivity index (χ4v) is 4.69. The van der Waals surface area contributed by atoms with E-state index in [4.69, 9.17) is 0 Å². The molecule has 6 rings (SSSR count). The summed E-state index contributed by atoms with van der Waals surface area (Å²) in [5.74, 6) is 0.274. The molecule has 9 heteroatoms. The van der Waals surface area contributed by atoms with Gasteiger partial charge in [-0.3, -0.25) is 4.79 Å². The maximum absolute atomic E-state index is 14.8. The Morgan fingerprint density at radius 3 is 2.86 bits per heavy atom. The SMILES string of the molecule is Cc1cc(F)c(C(=O)Nc2cccc(-n3nnc4c3CCCCC4)n2)cc1-n1cnc(C2CC2)c1. The van der Waals surface area contributed by atoms with Gasteiger partial charge < -0.3 is 9.88 Å². The minimum Gasteiger partial charge on any atom is -0.306 e. The topological polar surface area (TPSA) is 90.5 Å². The number of pyridine rings is 1. The number of rotatable bonds is 5. The fraction of sp³-hybridized carbons (Fsp3) is 0.346. The number of carbonyl (C=O) groups is 1. The average Bonchev–Trinajstić information content (AvgIpc) is 3.52. The molecule has 3 aromatic heterocycles. The van der Waals surface area contributed by atoms with Crippen molar-refractivity contribution in [3.05, 3.63) is 76.9 Å². The van der Waals surface area contributed by atoms with Gasteiger partial charge in [-0.05, 0) is 75.3 Å². The van der Waals surface area contributed by atoms with Crippen LogP contribution in [-0.2, 0) is 12.8 Å². The van der Waals surface area contributed by atoms with Gasteiger partial charge in [-0.2, -0.15) is 4.68 Å². The fourth-order valence-electron chi connectivity index (χ4n) is 4.69. The quantitative estimate of drug-likeness (QED) is 0.426. The average molecular weight is 472 g/mol. The number of benzene rings is 1. The molecular formula is C26H26FN7O. The lowest BCUT2D eigenvalue weighted by atomic mass is 10.1. The largest absolute Gasteiger partial charge is 0.306 e. The number of amides is 1. The van der Waals surface area contributed by atoms with Gasteiger partial charge in [0.25, 0.3) is 5.91 Å². The van der Waals surface area contributed by atoms with Crippen molar-refractivity contribution in [3.8, 4) is 11.5 Å². The van der Waals surface area contributed by atoms with Crippen LogP contribution < -0.4 is 5.32 Å². The Morgan fingerprint density at radius 2 is 2.00 bits per heavy atom. The van der Waals surface area contributed by atoms with Gasteiger partial charge in [0.15, 0.2) is 5.82 Å². The van der Waals surface area contributed by atoms with Crippen LogP contribution in [0.1, 0.15) is 71.0 Å². The molecule has 178 valence electrons. The summed E-state index contributed by atoms with van der Waals surface area (Å²) in [5, 5.41) is 11.4. The van der Waals surface area contributed by atoms with E-state index in [1.807, 2.05) is 23.8 Å². The monoisotopic (exact) mass is 471 g/mol. The lowest BCUT2D eigenvalue weighted by Crippen LogP contribution is -2.16. The van der Waals surface area contributed by atoms with Gasteiger partial charge in [0, 0.05) is 12.1 Å². The Hall–Kier alpha value is -3.88. The zero-order valence-corrected chi connectivity index (χ0v) is 19.5. The maximum Gasteiger partial charge on any atom is 0.259 e. The van der Waals surface area contributed by atoms with Crippen molar-refractivity contribution in [2.75, 3.05) is 5.32 Å². The van der Waals surface area contributed by atoms with Crippen LogP contribution >= 0.6 is 0 Å². The van der Waals surface area contributed by atoms with Gasteiger partial charge in [0.05, 0.1) is 34.7 Å². The van der Waals surface area contributed by atoms with Crippen molar-refractivity contribution >= 4 is 11.7 Å². The van der Waals surface area contributed by atoms with Gasteiger partial charge in [-0.1, -0.05) is 17.7 Å². The first-order chi connectivity index (χ1) is 17.1. The Balaban J connectivity index is 1.27. The number of hydrogen-bond donors (Lipinski definition) is 1. The van der Waals surface area contributed by atoms with E-state index in [1.54, 1.807) is 29.2 Å². The molecular weight excluding hydrogens is 445 g/mol. The molecule has 1 fully saturated rings. The third-order valence-corrected chi connectivity index (χ3v) is 6.77. The third-order valence-electron chi connectivity index (χ3n) is 6.77. The molecule has 0 atom stereocenters. The first-order valence-electron chi connectivity index (χ1n) is 12.1. The van der Waals surface area contributed by atoms with Crippen LogP contribution in [-0.4, -0.2) is 35.4 Å². The van der Waals surface area contributed by atoms with Crippen LogP contribution in [0.3, 0.4) is 0 Å². The molecule has 0 radical (unpaired) electrons. The van der Waals surface area contributed by atoms with Crippen molar-refractivity contribution in [2.45, 2.75) is 57.8 Å². The Kier molecular flexibility index (Phi) is 5.39. The summed E-state index contributed by atoms with van der Waals surface area (Å²) in [4.78, 5) is 22.1. The molecule has 0 unspecified atom stereocenters.